The molecule has 2 nitrogen and oxygen atoms in total. The van der Waals surface area contributed by atoms with Crippen LogP contribution < -0.4 is 4.74 Å². The Morgan fingerprint density at radius 2 is 1.57 bits per heavy atom. The van der Waals surface area contributed by atoms with Crippen LogP contribution >= 0.6 is 0 Å². The largest absolute Gasteiger partial charge is 0.485 e. The van der Waals surface area contributed by atoms with Crippen molar-refractivity contribution in [2.45, 2.75) is 83.8 Å². The smallest absolute Gasteiger partial charge is 0.165 e. The molecular weight excluding hydrogens is 351 g/mol. The predicted molar refractivity (Wildman–Crippen MR) is 114 cm³/mol. The van der Waals surface area contributed by atoms with E-state index in [9.17, 15) is 9.50 Å². The van der Waals surface area contributed by atoms with Crippen molar-refractivity contribution >= 4 is 0 Å². The molecule has 1 unspecified atom stereocenters. The van der Waals surface area contributed by atoms with Crippen LogP contribution in [0.1, 0.15) is 83.8 Å². The van der Waals surface area contributed by atoms with Gasteiger partial charge in [-0.1, -0.05) is 75.9 Å². The molecule has 0 bridgehead atoms. The molecule has 2 aromatic rings. The highest BCUT2D eigenvalue weighted by Crippen LogP contribution is 2.37. The molecule has 0 saturated carbocycles. The summed E-state index contributed by atoms with van der Waals surface area (Å²) in [7, 11) is 0. The molecule has 0 spiro atoms. The van der Waals surface area contributed by atoms with Crippen molar-refractivity contribution in [2.24, 2.45) is 0 Å². The van der Waals surface area contributed by atoms with E-state index in [4.69, 9.17) is 4.74 Å². The van der Waals surface area contributed by atoms with Gasteiger partial charge >= 0.3 is 0 Å². The standard InChI is InChI=1S/C25H35FO2/c1-5-7-8-9-13-18-25(27,20-14-11-10-12-15-20)21-16-17-23(22(26)19-21)28-24(3,4)6-2/h10-12,14-17,19,27H,5-9,13,18H2,1-4H3. The molecule has 3 heteroatoms. The molecule has 0 aliphatic carbocycles. The Labute approximate surface area is 169 Å². The zero-order valence-corrected chi connectivity index (χ0v) is 17.8. The molecule has 0 aliphatic rings. The number of unbranched alkanes of at least 4 members (excludes halogenated alkanes) is 4. The number of aliphatic hydroxyl groups is 1. The molecule has 0 saturated heterocycles. The van der Waals surface area contributed by atoms with Crippen molar-refractivity contribution in [3.05, 3.63) is 65.5 Å². The Balaban J connectivity index is 2.29. The molecule has 1 N–H and O–H groups in total. The van der Waals surface area contributed by atoms with Gasteiger partial charge in [0, 0.05) is 0 Å². The van der Waals surface area contributed by atoms with Crippen LogP contribution in [0.5, 0.6) is 5.75 Å². The predicted octanol–water partition coefficient (Wildman–Crippen LogP) is 6.99. The number of rotatable bonds is 11. The Kier molecular flexibility index (Phi) is 8.06. The van der Waals surface area contributed by atoms with E-state index in [1.165, 1.54) is 18.9 Å². The monoisotopic (exact) mass is 386 g/mol. The average Bonchev–Trinajstić information content (AvgIpc) is 2.69. The van der Waals surface area contributed by atoms with Gasteiger partial charge in [-0.15, -0.1) is 0 Å². The molecule has 2 rings (SSSR count). The fraction of sp³-hybridized carbons (Fsp3) is 0.520. The summed E-state index contributed by atoms with van der Waals surface area (Å²) in [6.45, 7) is 8.08. The van der Waals surface area contributed by atoms with Crippen molar-refractivity contribution in [2.75, 3.05) is 0 Å². The van der Waals surface area contributed by atoms with Crippen LogP contribution in [0.2, 0.25) is 0 Å². The van der Waals surface area contributed by atoms with Crippen LogP contribution in [-0.2, 0) is 5.60 Å². The van der Waals surface area contributed by atoms with Gasteiger partial charge in [0.1, 0.15) is 11.2 Å². The van der Waals surface area contributed by atoms with Crippen molar-refractivity contribution in [3.8, 4) is 5.75 Å². The van der Waals surface area contributed by atoms with Crippen LogP contribution in [0, 0.1) is 5.82 Å². The van der Waals surface area contributed by atoms with Gasteiger partial charge in [-0.3, -0.25) is 0 Å². The van der Waals surface area contributed by atoms with Gasteiger partial charge in [0.25, 0.3) is 0 Å². The van der Waals surface area contributed by atoms with Gasteiger partial charge in [0.05, 0.1) is 0 Å². The summed E-state index contributed by atoms with van der Waals surface area (Å²) in [5.74, 6) is -0.201. The highest BCUT2D eigenvalue weighted by Gasteiger charge is 2.32. The summed E-state index contributed by atoms with van der Waals surface area (Å²) < 4.78 is 20.6. The van der Waals surface area contributed by atoms with Gasteiger partial charge in [-0.2, -0.15) is 0 Å². The Morgan fingerprint density at radius 3 is 2.18 bits per heavy atom. The van der Waals surface area contributed by atoms with Crippen molar-refractivity contribution < 1.29 is 14.2 Å². The second-order valence-corrected chi connectivity index (χ2v) is 8.25. The van der Waals surface area contributed by atoms with Crippen molar-refractivity contribution in [1.82, 2.24) is 0 Å². The second-order valence-electron chi connectivity index (χ2n) is 8.25. The minimum atomic E-state index is -1.20. The summed E-state index contributed by atoms with van der Waals surface area (Å²) >= 11 is 0. The van der Waals surface area contributed by atoms with Gasteiger partial charge in [-0.05, 0) is 56.4 Å². The van der Waals surface area contributed by atoms with Gasteiger partial charge < -0.3 is 9.84 Å². The number of hydrogen-bond acceptors (Lipinski definition) is 2. The topological polar surface area (TPSA) is 29.5 Å². The van der Waals surface area contributed by atoms with Gasteiger partial charge in [0.2, 0.25) is 0 Å². The normalized spacial score (nSPS) is 13.9. The lowest BCUT2D eigenvalue weighted by molar-refractivity contribution is 0.0668. The second kappa shape index (κ2) is 10.1. The highest BCUT2D eigenvalue weighted by atomic mass is 19.1. The van der Waals surface area contributed by atoms with E-state index in [2.05, 4.69) is 6.92 Å². The minimum absolute atomic E-state index is 0.231. The summed E-state index contributed by atoms with van der Waals surface area (Å²) in [6, 6.07) is 14.4. The van der Waals surface area contributed by atoms with Crippen LogP contribution in [0.3, 0.4) is 0 Å². The molecule has 154 valence electrons. The molecule has 1 atom stereocenters. The number of hydrogen-bond donors (Lipinski definition) is 1. The summed E-state index contributed by atoms with van der Waals surface area (Å²) in [6.07, 6.45) is 6.86. The Hall–Kier alpha value is -1.87. The van der Waals surface area contributed by atoms with Crippen LogP contribution in [-0.4, -0.2) is 10.7 Å². The maximum atomic E-state index is 14.8. The fourth-order valence-corrected chi connectivity index (χ4v) is 3.36. The quantitative estimate of drug-likeness (QED) is 0.422. The van der Waals surface area contributed by atoms with Crippen LogP contribution in [0.15, 0.2) is 48.5 Å². The third-order valence-corrected chi connectivity index (χ3v) is 5.54. The molecule has 0 amide bonds. The van der Waals surface area contributed by atoms with E-state index < -0.39 is 17.0 Å². The average molecular weight is 387 g/mol. The van der Waals surface area contributed by atoms with Gasteiger partial charge in [0.15, 0.2) is 11.6 Å². The number of halogens is 1. The summed E-state index contributed by atoms with van der Waals surface area (Å²) in [5.41, 5.74) is -0.259. The number of benzene rings is 2. The molecule has 0 radical (unpaired) electrons. The van der Waals surface area contributed by atoms with Crippen molar-refractivity contribution in [3.63, 3.8) is 0 Å². The number of ether oxygens (including phenoxy) is 1. The molecule has 0 fully saturated rings. The van der Waals surface area contributed by atoms with Crippen LogP contribution in [0.4, 0.5) is 4.39 Å². The molecular formula is C25H35FO2. The van der Waals surface area contributed by atoms with Crippen molar-refractivity contribution in [1.29, 1.82) is 0 Å². The molecule has 28 heavy (non-hydrogen) atoms. The molecule has 0 aliphatic heterocycles. The highest BCUT2D eigenvalue weighted by molar-refractivity contribution is 5.39. The molecule has 0 aromatic heterocycles. The fourth-order valence-electron chi connectivity index (χ4n) is 3.36. The zero-order valence-electron chi connectivity index (χ0n) is 17.8. The Bertz CT molecular complexity index is 727. The Morgan fingerprint density at radius 1 is 0.893 bits per heavy atom. The van der Waals surface area contributed by atoms with E-state index in [-0.39, 0.29) is 5.75 Å². The molecule has 2 aromatic carbocycles. The third-order valence-electron chi connectivity index (χ3n) is 5.54. The maximum Gasteiger partial charge on any atom is 0.165 e. The SMILES string of the molecule is CCCCCCCC(O)(c1ccccc1)c1ccc(OC(C)(C)CC)c(F)c1. The lowest BCUT2D eigenvalue weighted by atomic mass is 9.82. The van der Waals surface area contributed by atoms with E-state index in [0.717, 1.165) is 31.2 Å². The first-order valence-electron chi connectivity index (χ1n) is 10.6. The minimum Gasteiger partial charge on any atom is -0.485 e. The molecule has 0 heterocycles. The van der Waals surface area contributed by atoms with E-state index in [1.54, 1.807) is 12.1 Å². The lowest BCUT2D eigenvalue weighted by Gasteiger charge is -2.31. The van der Waals surface area contributed by atoms with Gasteiger partial charge in [-0.25, -0.2) is 4.39 Å². The lowest BCUT2D eigenvalue weighted by Crippen LogP contribution is -2.29. The van der Waals surface area contributed by atoms with E-state index >= 15 is 0 Å². The third kappa shape index (κ3) is 5.81. The first kappa shape index (κ1) is 22.4. The van der Waals surface area contributed by atoms with Crippen LogP contribution in [0.25, 0.3) is 0 Å². The first-order chi connectivity index (χ1) is 13.3. The summed E-state index contributed by atoms with van der Waals surface area (Å²) in [4.78, 5) is 0. The van der Waals surface area contributed by atoms with E-state index in [1.807, 2.05) is 51.1 Å². The zero-order chi connectivity index (χ0) is 20.6. The first-order valence-corrected chi connectivity index (χ1v) is 10.6. The van der Waals surface area contributed by atoms with E-state index in [0.29, 0.717) is 12.0 Å². The summed E-state index contributed by atoms with van der Waals surface area (Å²) in [5, 5.41) is 11.6. The maximum absolute atomic E-state index is 14.8.